The Morgan fingerprint density at radius 1 is 1.10 bits per heavy atom. The molecule has 0 saturated carbocycles. The van der Waals surface area contributed by atoms with E-state index in [1.165, 1.54) is 12.1 Å². The van der Waals surface area contributed by atoms with Crippen LogP contribution in [0.4, 0.5) is 4.39 Å². The summed E-state index contributed by atoms with van der Waals surface area (Å²) in [5.41, 5.74) is 5.64. The topological polar surface area (TPSA) is 50.9 Å². The lowest BCUT2D eigenvalue weighted by Crippen LogP contribution is -2.29. The summed E-state index contributed by atoms with van der Waals surface area (Å²) in [5.74, 6) is 5.47. The van der Waals surface area contributed by atoms with Gasteiger partial charge in [0.2, 0.25) is 0 Å². The van der Waals surface area contributed by atoms with Crippen LogP contribution in [0.3, 0.4) is 0 Å². The second-order valence-electron chi connectivity index (χ2n) is 4.98. The van der Waals surface area contributed by atoms with Crippen LogP contribution in [0.2, 0.25) is 0 Å². The molecule has 1 aromatic heterocycles. The highest BCUT2D eigenvalue weighted by Crippen LogP contribution is 2.24. The van der Waals surface area contributed by atoms with Gasteiger partial charge in [-0.3, -0.25) is 16.3 Å². The number of nitrogens with two attached hydrogens (primary N) is 1. The van der Waals surface area contributed by atoms with Crippen molar-refractivity contribution >= 4 is 10.9 Å². The fourth-order valence-electron chi connectivity index (χ4n) is 2.57. The Hall–Kier alpha value is -2.30. The summed E-state index contributed by atoms with van der Waals surface area (Å²) in [6, 6.07) is 16.4. The molecular weight excluding hydrogens is 265 g/mol. The minimum absolute atomic E-state index is 0.120. The lowest BCUT2D eigenvalue weighted by Gasteiger charge is -2.18. The maximum Gasteiger partial charge on any atom is 0.123 e. The van der Waals surface area contributed by atoms with Crippen molar-refractivity contribution < 1.29 is 4.39 Å². The molecule has 3 rings (SSSR count). The number of rotatable bonds is 4. The normalized spacial score (nSPS) is 12.5. The first-order chi connectivity index (χ1) is 10.3. The van der Waals surface area contributed by atoms with Crippen LogP contribution < -0.4 is 11.3 Å². The number of fused-ring (bicyclic) bond motifs is 1. The van der Waals surface area contributed by atoms with E-state index in [1.54, 1.807) is 12.3 Å². The first kappa shape index (κ1) is 13.7. The van der Waals surface area contributed by atoms with Crippen LogP contribution >= 0.6 is 0 Å². The zero-order valence-electron chi connectivity index (χ0n) is 11.5. The molecule has 3 nitrogen and oxygen atoms in total. The zero-order valence-corrected chi connectivity index (χ0v) is 11.5. The molecule has 0 amide bonds. The van der Waals surface area contributed by atoms with Gasteiger partial charge in [0.15, 0.2) is 0 Å². The molecular formula is C17H16FN3. The molecule has 1 heterocycles. The molecule has 0 bridgehead atoms. The second kappa shape index (κ2) is 5.99. The quantitative estimate of drug-likeness (QED) is 0.570. The lowest BCUT2D eigenvalue weighted by atomic mass is 9.97. The van der Waals surface area contributed by atoms with Crippen molar-refractivity contribution in [1.29, 1.82) is 0 Å². The molecule has 21 heavy (non-hydrogen) atoms. The van der Waals surface area contributed by atoms with E-state index in [0.717, 1.165) is 22.0 Å². The first-order valence-corrected chi connectivity index (χ1v) is 6.82. The minimum atomic E-state index is -0.237. The predicted octanol–water partition coefficient (Wildman–Crippen LogP) is 3.12. The maximum atomic E-state index is 13.3. The van der Waals surface area contributed by atoms with E-state index in [0.29, 0.717) is 6.42 Å². The molecule has 0 radical (unpaired) electrons. The Bertz CT molecular complexity index is 752. The molecule has 0 spiro atoms. The van der Waals surface area contributed by atoms with Crippen LogP contribution in [0.5, 0.6) is 0 Å². The van der Waals surface area contributed by atoms with Gasteiger partial charge in [0.1, 0.15) is 5.82 Å². The SMILES string of the molecule is NNC(Cc1cccc(F)c1)c1cccc2cccnc12. The van der Waals surface area contributed by atoms with Crippen molar-refractivity contribution in [2.45, 2.75) is 12.5 Å². The molecule has 3 aromatic rings. The molecule has 0 aliphatic carbocycles. The van der Waals surface area contributed by atoms with Gasteiger partial charge in [0.25, 0.3) is 0 Å². The largest absolute Gasteiger partial charge is 0.271 e. The number of nitrogens with zero attached hydrogens (tertiary/aromatic N) is 1. The van der Waals surface area contributed by atoms with Crippen molar-refractivity contribution in [2.24, 2.45) is 5.84 Å². The second-order valence-corrected chi connectivity index (χ2v) is 4.98. The molecule has 0 aliphatic heterocycles. The number of halogens is 1. The summed E-state index contributed by atoms with van der Waals surface area (Å²) < 4.78 is 13.3. The highest BCUT2D eigenvalue weighted by Gasteiger charge is 2.14. The third kappa shape index (κ3) is 2.91. The van der Waals surface area contributed by atoms with Gasteiger partial charge in [0, 0.05) is 11.6 Å². The van der Waals surface area contributed by atoms with E-state index in [9.17, 15) is 4.39 Å². The Morgan fingerprint density at radius 2 is 1.90 bits per heavy atom. The van der Waals surface area contributed by atoms with Crippen LogP contribution in [0.15, 0.2) is 60.8 Å². The van der Waals surface area contributed by atoms with Crippen molar-refractivity contribution in [3.8, 4) is 0 Å². The monoisotopic (exact) mass is 281 g/mol. The summed E-state index contributed by atoms with van der Waals surface area (Å²) in [6.45, 7) is 0. The highest BCUT2D eigenvalue weighted by atomic mass is 19.1. The molecule has 4 heteroatoms. The average Bonchev–Trinajstić information content (AvgIpc) is 2.52. The number of benzene rings is 2. The number of aromatic nitrogens is 1. The van der Waals surface area contributed by atoms with E-state index in [1.807, 2.05) is 36.4 Å². The third-order valence-corrected chi connectivity index (χ3v) is 3.57. The molecule has 3 N–H and O–H groups in total. The van der Waals surface area contributed by atoms with E-state index in [2.05, 4.69) is 10.4 Å². The van der Waals surface area contributed by atoms with Crippen molar-refractivity contribution in [2.75, 3.05) is 0 Å². The van der Waals surface area contributed by atoms with Crippen molar-refractivity contribution in [3.05, 3.63) is 77.7 Å². The van der Waals surface area contributed by atoms with Crippen LogP contribution in [0.1, 0.15) is 17.2 Å². The van der Waals surface area contributed by atoms with Crippen LogP contribution in [-0.2, 0) is 6.42 Å². The Morgan fingerprint density at radius 3 is 2.71 bits per heavy atom. The highest BCUT2D eigenvalue weighted by molar-refractivity contribution is 5.82. The van der Waals surface area contributed by atoms with Crippen LogP contribution in [0.25, 0.3) is 10.9 Å². The Kier molecular flexibility index (Phi) is 3.90. The standard InChI is InChI=1S/C17H16FN3/c18-14-7-1-4-12(10-14)11-16(21-19)15-8-2-5-13-6-3-9-20-17(13)15/h1-10,16,21H,11,19H2. The first-order valence-electron chi connectivity index (χ1n) is 6.82. The average molecular weight is 281 g/mol. The van der Waals surface area contributed by atoms with Crippen molar-refractivity contribution in [3.63, 3.8) is 0 Å². The predicted molar refractivity (Wildman–Crippen MR) is 81.9 cm³/mol. The molecule has 2 aromatic carbocycles. The lowest BCUT2D eigenvalue weighted by molar-refractivity contribution is 0.551. The number of pyridine rings is 1. The van der Waals surface area contributed by atoms with Gasteiger partial charge in [-0.25, -0.2) is 4.39 Å². The summed E-state index contributed by atoms with van der Waals surface area (Å²) in [7, 11) is 0. The fraction of sp³-hybridized carbons (Fsp3) is 0.118. The minimum Gasteiger partial charge on any atom is -0.271 e. The van der Waals surface area contributed by atoms with Gasteiger partial charge < -0.3 is 0 Å². The molecule has 0 fully saturated rings. The van der Waals surface area contributed by atoms with Gasteiger partial charge in [-0.05, 0) is 35.7 Å². The molecule has 106 valence electrons. The summed E-state index contributed by atoms with van der Waals surface area (Å²) in [5, 5.41) is 1.06. The third-order valence-electron chi connectivity index (χ3n) is 3.57. The van der Waals surface area contributed by atoms with E-state index in [-0.39, 0.29) is 11.9 Å². The molecule has 1 unspecified atom stereocenters. The number of hydrogen-bond donors (Lipinski definition) is 2. The molecule has 0 saturated heterocycles. The van der Waals surface area contributed by atoms with Gasteiger partial charge >= 0.3 is 0 Å². The van der Waals surface area contributed by atoms with Crippen LogP contribution in [0, 0.1) is 5.82 Å². The number of nitrogens with one attached hydrogen (secondary N) is 1. The van der Waals surface area contributed by atoms with E-state index >= 15 is 0 Å². The van der Waals surface area contributed by atoms with Gasteiger partial charge in [-0.2, -0.15) is 0 Å². The van der Waals surface area contributed by atoms with Gasteiger partial charge in [0.05, 0.1) is 11.6 Å². The van der Waals surface area contributed by atoms with E-state index in [4.69, 9.17) is 5.84 Å². The molecule has 1 atom stereocenters. The van der Waals surface area contributed by atoms with Crippen molar-refractivity contribution in [1.82, 2.24) is 10.4 Å². The summed E-state index contributed by atoms with van der Waals surface area (Å²) in [6.07, 6.45) is 2.37. The van der Waals surface area contributed by atoms with Gasteiger partial charge in [-0.1, -0.05) is 36.4 Å². The van der Waals surface area contributed by atoms with E-state index < -0.39 is 0 Å². The zero-order chi connectivity index (χ0) is 14.7. The molecule has 0 aliphatic rings. The summed E-state index contributed by atoms with van der Waals surface area (Å²) >= 11 is 0. The fourth-order valence-corrected chi connectivity index (χ4v) is 2.57. The number of hydrazine groups is 1. The Labute approximate surface area is 122 Å². The smallest absolute Gasteiger partial charge is 0.123 e. The van der Waals surface area contributed by atoms with Crippen LogP contribution in [-0.4, -0.2) is 4.98 Å². The number of hydrogen-bond acceptors (Lipinski definition) is 3. The summed E-state index contributed by atoms with van der Waals surface area (Å²) in [4.78, 5) is 4.44. The maximum absolute atomic E-state index is 13.3. The number of para-hydroxylation sites is 1. The Balaban J connectivity index is 1.98. The van der Waals surface area contributed by atoms with Gasteiger partial charge in [-0.15, -0.1) is 0 Å².